The maximum Gasteiger partial charge on any atom is 0.243 e. The molecule has 2 atom stereocenters. The van der Waals surface area contributed by atoms with Gasteiger partial charge in [-0.2, -0.15) is 4.98 Å². The average molecular weight is 215 g/mol. The second-order valence-electron chi connectivity index (χ2n) is 3.59. The highest BCUT2D eigenvalue weighted by Gasteiger charge is 2.29. The lowest BCUT2D eigenvalue weighted by molar-refractivity contribution is 0.199. The Labute approximate surface area is 87.0 Å². The van der Waals surface area contributed by atoms with Crippen LogP contribution in [0.4, 0.5) is 4.39 Å². The van der Waals surface area contributed by atoms with Crippen molar-refractivity contribution in [2.24, 2.45) is 0 Å². The summed E-state index contributed by atoms with van der Waals surface area (Å²) in [7, 11) is 1.62. The highest BCUT2D eigenvalue weighted by molar-refractivity contribution is 4.97. The van der Waals surface area contributed by atoms with E-state index >= 15 is 0 Å². The van der Waals surface area contributed by atoms with Gasteiger partial charge in [0, 0.05) is 26.5 Å². The summed E-state index contributed by atoms with van der Waals surface area (Å²) >= 11 is 0. The van der Waals surface area contributed by atoms with Crippen molar-refractivity contribution >= 4 is 0 Å². The van der Waals surface area contributed by atoms with Crippen molar-refractivity contribution in [3.63, 3.8) is 0 Å². The number of nitrogens with zero attached hydrogens (tertiary/aromatic N) is 2. The fraction of sp³-hybridized carbons (Fsp3) is 0.778. The third kappa shape index (κ3) is 2.51. The van der Waals surface area contributed by atoms with Gasteiger partial charge in [0.1, 0.15) is 6.17 Å². The predicted octanol–water partition coefficient (Wildman–Crippen LogP) is 0.631. The van der Waals surface area contributed by atoms with E-state index in [4.69, 9.17) is 9.26 Å². The summed E-state index contributed by atoms with van der Waals surface area (Å²) in [5.41, 5.74) is 0. The zero-order chi connectivity index (χ0) is 10.7. The lowest BCUT2D eigenvalue weighted by atomic mass is 10.2. The van der Waals surface area contributed by atoms with Gasteiger partial charge in [-0.1, -0.05) is 5.16 Å². The van der Waals surface area contributed by atoms with Crippen LogP contribution in [0.25, 0.3) is 0 Å². The molecule has 1 aliphatic rings. The topological polar surface area (TPSA) is 60.2 Å². The number of methoxy groups -OCH3 is 1. The number of aromatic nitrogens is 2. The van der Waals surface area contributed by atoms with E-state index in [0.29, 0.717) is 37.7 Å². The summed E-state index contributed by atoms with van der Waals surface area (Å²) in [6.45, 7) is 0.920. The second kappa shape index (κ2) is 4.67. The van der Waals surface area contributed by atoms with Gasteiger partial charge in [-0.25, -0.2) is 4.39 Å². The largest absolute Gasteiger partial charge is 0.384 e. The zero-order valence-electron chi connectivity index (χ0n) is 8.57. The molecule has 1 aromatic heterocycles. The molecule has 1 N–H and O–H groups in total. The van der Waals surface area contributed by atoms with E-state index in [1.165, 1.54) is 0 Å². The Morgan fingerprint density at radius 1 is 1.67 bits per heavy atom. The Morgan fingerprint density at radius 3 is 3.20 bits per heavy atom. The molecule has 2 heterocycles. The van der Waals surface area contributed by atoms with Gasteiger partial charge in [0.25, 0.3) is 0 Å². The molecule has 84 valence electrons. The number of rotatable bonds is 4. The van der Waals surface area contributed by atoms with E-state index in [1.54, 1.807) is 7.11 Å². The number of hydrogen-bond donors (Lipinski definition) is 1. The Hall–Kier alpha value is -1.01. The molecular formula is C9H14FN3O2. The molecule has 5 nitrogen and oxygen atoms in total. The van der Waals surface area contributed by atoms with E-state index in [2.05, 4.69) is 15.5 Å². The first-order valence-corrected chi connectivity index (χ1v) is 4.98. The molecule has 0 saturated carbocycles. The molecule has 6 heteroatoms. The van der Waals surface area contributed by atoms with Crippen LogP contribution in [0, 0.1) is 0 Å². The van der Waals surface area contributed by atoms with Crippen LogP contribution >= 0.6 is 0 Å². The van der Waals surface area contributed by atoms with E-state index in [9.17, 15) is 4.39 Å². The van der Waals surface area contributed by atoms with Gasteiger partial charge < -0.3 is 14.6 Å². The molecule has 0 aliphatic carbocycles. The maximum absolute atomic E-state index is 12.9. The van der Waals surface area contributed by atoms with Crippen molar-refractivity contribution in [2.75, 3.05) is 20.3 Å². The molecule has 0 aromatic carbocycles. The van der Waals surface area contributed by atoms with Crippen molar-refractivity contribution < 1.29 is 13.7 Å². The summed E-state index contributed by atoms with van der Waals surface area (Å²) < 4.78 is 22.8. The minimum Gasteiger partial charge on any atom is -0.384 e. The molecule has 2 rings (SSSR count). The van der Waals surface area contributed by atoms with Gasteiger partial charge in [-0.05, 0) is 0 Å². The van der Waals surface area contributed by atoms with E-state index in [1.807, 2.05) is 0 Å². The van der Waals surface area contributed by atoms with Gasteiger partial charge >= 0.3 is 0 Å². The smallest absolute Gasteiger partial charge is 0.243 e. The number of hydrogen-bond acceptors (Lipinski definition) is 5. The average Bonchev–Trinajstić information content (AvgIpc) is 2.83. The zero-order valence-corrected chi connectivity index (χ0v) is 8.57. The quantitative estimate of drug-likeness (QED) is 0.798. The molecule has 15 heavy (non-hydrogen) atoms. The van der Waals surface area contributed by atoms with Crippen LogP contribution in [-0.4, -0.2) is 36.6 Å². The van der Waals surface area contributed by atoms with Gasteiger partial charge in [0.2, 0.25) is 5.89 Å². The van der Waals surface area contributed by atoms with Crippen molar-refractivity contribution in [1.29, 1.82) is 0 Å². The lowest BCUT2D eigenvalue weighted by Crippen LogP contribution is -2.14. The van der Waals surface area contributed by atoms with Gasteiger partial charge in [-0.15, -0.1) is 0 Å². The van der Waals surface area contributed by atoms with Crippen LogP contribution in [0.3, 0.4) is 0 Å². The Kier molecular flexibility index (Phi) is 3.27. The molecule has 0 amide bonds. The molecule has 1 saturated heterocycles. The first-order valence-electron chi connectivity index (χ1n) is 4.98. The molecule has 1 fully saturated rings. The third-order valence-electron chi connectivity index (χ3n) is 2.39. The maximum atomic E-state index is 12.9. The Balaban J connectivity index is 1.94. The van der Waals surface area contributed by atoms with Gasteiger partial charge in [0.15, 0.2) is 5.82 Å². The molecule has 1 aliphatic heterocycles. The van der Waals surface area contributed by atoms with Crippen LogP contribution in [-0.2, 0) is 11.2 Å². The fourth-order valence-corrected chi connectivity index (χ4v) is 1.58. The fourth-order valence-electron chi connectivity index (χ4n) is 1.58. The monoisotopic (exact) mass is 215 g/mol. The number of halogens is 1. The van der Waals surface area contributed by atoms with Crippen LogP contribution in [0.1, 0.15) is 24.2 Å². The van der Waals surface area contributed by atoms with Crippen molar-refractivity contribution in [2.45, 2.75) is 25.1 Å². The van der Waals surface area contributed by atoms with E-state index in [0.717, 1.165) is 0 Å². The minimum atomic E-state index is -0.815. The minimum absolute atomic E-state index is 0.135. The lowest BCUT2D eigenvalue weighted by Gasteiger charge is -2.00. The summed E-state index contributed by atoms with van der Waals surface area (Å²) in [5, 5.41) is 6.78. The summed E-state index contributed by atoms with van der Waals surface area (Å²) in [5.74, 6) is 1.08. The Bertz CT molecular complexity index is 318. The number of nitrogens with one attached hydrogen (secondary N) is 1. The molecule has 0 radical (unpaired) electrons. The van der Waals surface area contributed by atoms with Crippen LogP contribution < -0.4 is 5.32 Å². The van der Waals surface area contributed by atoms with Crippen LogP contribution in [0.15, 0.2) is 4.52 Å². The normalized spacial score (nSPS) is 26.0. The second-order valence-corrected chi connectivity index (χ2v) is 3.59. The number of alkyl halides is 1. The van der Waals surface area contributed by atoms with Gasteiger partial charge in [-0.3, -0.25) is 0 Å². The molecule has 1 aromatic rings. The van der Waals surface area contributed by atoms with Crippen LogP contribution in [0.5, 0.6) is 0 Å². The van der Waals surface area contributed by atoms with E-state index < -0.39 is 6.17 Å². The highest BCUT2D eigenvalue weighted by atomic mass is 19.1. The highest BCUT2D eigenvalue weighted by Crippen LogP contribution is 2.23. The SMILES string of the molecule is COCCc1noc([C@@H]2C[C@H](F)CN2)n1. The summed E-state index contributed by atoms with van der Waals surface area (Å²) in [6, 6.07) is -0.135. The van der Waals surface area contributed by atoms with Crippen LogP contribution in [0.2, 0.25) is 0 Å². The van der Waals surface area contributed by atoms with Gasteiger partial charge in [0.05, 0.1) is 12.6 Å². The molecule has 0 spiro atoms. The summed E-state index contributed by atoms with van der Waals surface area (Å²) in [4.78, 5) is 4.18. The molecular weight excluding hydrogens is 201 g/mol. The first kappa shape index (κ1) is 10.5. The van der Waals surface area contributed by atoms with Crippen molar-refractivity contribution in [1.82, 2.24) is 15.5 Å². The molecule has 0 unspecified atom stereocenters. The van der Waals surface area contributed by atoms with E-state index in [-0.39, 0.29) is 6.04 Å². The first-order chi connectivity index (χ1) is 7.29. The predicted molar refractivity (Wildman–Crippen MR) is 50.1 cm³/mol. The standard InChI is InChI=1S/C9H14FN3O2/c1-14-3-2-8-12-9(15-13-8)7-4-6(10)5-11-7/h6-7,11H,2-5H2,1H3/t6-,7-/m0/s1. The molecule has 0 bridgehead atoms. The van der Waals surface area contributed by atoms with Crippen molar-refractivity contribution in [3.05, 3.63) is 11.7 Å². The van der Waals surface area contributed by atoms with Crippen molar-refractivity contribution in [3.8, 4) is 0 Å². The Morgan fingerprint density at radius 2 is 2.53 bits per heavy atom. The third-order valence-corrected chi connectivity index (χ3v) is 2.39. The summed E-state index contributed by atoms with van der Waals surface area (Å²) in [6.07, 6.45) is 0.210. The number of ether oxygens (including phenoxy) is 1.